The van der Waals surface area contributed by atoms with Gasteiger partial charge in [-0.1, -0.05) is 0 Å². The Morgan fingerprint density at radius 1 is 1.00 bits per heavy atom. The molecule has 2 amide bonds. The van der Waals surface area contributed by atoms with E-state index in [1.54, 1.807) is 0 Å². The number of aliphatic hydroxyl groups excluding tert-OH is 1. The van der Waals surface area contributed by atoms with Crippen molar-refractivity contribution in [3.05, 3.63) is 0 Å². The molecule has 3 aliphatic heterocycles. The predicted molar refractivity (Wildman–Crippen MR) is 99.7 cm³/mol. The molecule has 7 nitrogen and oxygen atoms in total. The molecule has 3 rings (SSSR count). The van der Waals surface area contributed by atoms with Crippen molar-refractivity contribution >= 4 is 11.8 Å². The van der Waals surface area contributed by atoms with Crippen LogP contribution in [-0.2, 0) is 9.59 Å². The van der Waals surface area contributed by atoms with Gasteiger partial charge in [-0.3, -0.25) is 19.4 Å². The number of aliphatic hydroxyl groups is 1. The maximum absolute atomic E-state index is 12.4. The highest BCUT2D eigenvalue weighted by molar-refractivity contribution is 5.78. The number of rotatable bonds is 7. The van der Waals surface area contributed by atoms with Gasteiger partial charge in [0.05, 0.1) is 6.61 Å². The van der Waals surface area contributed by atoms with Crippen molar-refractivity contribution in [2.75, 3.05) is 65.5 Å². The fraction of sp³-hybridized carbons (Fsp3) is 0.895. The second kappa shape index (κ2) is 9.67. The quantitative estimate of drug-likeness (QED) is 0.686. The number of carbonyl (C=O) groups excluding carboxylic acids is 2. The number of β-amino-alcohol motifs (C(OH)–C–C–N with tert-alkyl or cyclic N) is 1. The Kier molecular flexibility index (Phi) is 7.28. The molecule has 0 atom stereocenters. The average Bonchev–Trinajstić information content (AvgIpc) is 3.08. The average molecular weight is 367 g/mol. The zero-order chi connectivity index (χ0) is 18.4. The Labute approximate surface area is 156 Å². The lowest BCUT2D eigenvalue weighted by atomic mass is 10.0. The minimum absolute atomic E-state index is 0.242. The summed E-state index contributed by atoms with van der Waals surface area (Å²) in [4.78, 5) is 32.8. The zero-order valence-corrected chi connectivity index (χ0v) is 15.9. The van der Waals surface area contributed by atoms with Crippen molar-refractivity contribution in [2.45, 2.75) is 44.6 Å². The van der Waals surface area contributed by atoms with E-state index in [1.165, 1.54) is 0 Å². The fourth-order valence-corrected chi connectivity index (χ4v) is 4.49. The lowest BCUT2D eigenvalue weighted by Crippen LogP contribution is -2.54. The van der Waals surface area contributed by atoms with Crippen LogP contribution in [0.15, 0.2) is 0 Å². The number of piperidine rings is 1. The van der Waals surface area contributed by atoms with Gasteiger partial charge in [0, 0.05) is 77.8 Å². The van der Waals surface area contributed by atoms with Crippen LogP contribution in [0, 0.1) is 0 Å². The van der Waals surface area contributed by atoms with Crippen LogP contribution in [0.3, 0.4) is 0 Å². The lowest BCUT2D eigenvalue weighted by molar-refractivity contribution is -0.134. The van der Waals surface area contributed by atoms with Crippen LogP contribution in [0.4, 0.5) is 0 Å². The molecule has 0 unspecified atom stereocenters. The third-order valence-corrected chi connectivity index (χ3v) is 6.15. The van der Waals surface area contributed by atoms with Gasteiger partial charge in [0.15, 0.2) is 0 Å². The first kappa shape index (κ1) is 19.6. The normalized spacial score (nSPS) is 23.8. The Morgan fingerprint density at radius 3 is 2.35 bits per heavy atom. The molecule has 26 heavy (non-hydrogen) atoms. The van der Waals surface area contributed by atoms with Gasteiger partial charge in [0.25, 0.3) is 0 Å². The summed E-state index contributed by atoms with van der Waals surface area (Å²) in [5, 5.41) is 9.04. The minimum Gasteiger partial charge on any atom is -0.395 e. The number of nitrogens with zero attached hydrogens (tertiary/aromatic N) is 4. The highest BCUT2D eigenvalue weighted by Crippen LogP contribution is 2.19. The number of amides is 2. The predicted octanol–water partition coefficient (Wildman–Crippen LogP) is -0.0101. The maximum atomic E-state index is 12.4. The first-order valence-corrected chi connectivity index (χ1v) is 10.3. The molecule has 0 aromatic heterocycles. The van der Waals surface area contributed by atoms with Gasteiger partial charge in [-0.05, 0) is 25.7 Å². The van der Waals surface area contributed by atoms with Crippen LogP contribution in [0.5, 0.6) is 0 Å². The molecule has 0 spiro atoms. The highest BCUT2D eigenvalue weighted by atomic mass is 16.3. The monoisotopic (exact) mass is 366 g/mol. The smallest absolute Gasteiger partial charge is 0.222 e. The third-order valence-electron chi connectivity index (χ3n) is 6.15. The van der Waals surface area contributed by atoms with E-state index in [4.69, 9.17) is 5.11 Å². The molecule has 3 saturated heterocycles. The first-order chi connectivity index (χ1) is 12.7. The van der Waals surface area contributed by atoms with E-state index < -0.39 is 0 Å². The van der Waals surface area contributed by atoms with E-state index in [0.29, 0.717) is 18.9 Å². The molecule has 3 aliphatic rings. The minimum atomic E-state index is 0.242. The van der Waals surface area contributed by atoms with Gasteiger partial charge in [-0.2, -0.15) is 0 Å². The maximum Gasteiger partial charge on any atom is 0.222 e. The van der Waals surface area contributed by atoms with Crippen LogP contribution in [0.2, 0.25) is 0 Å². The van der Waals surface area contributed by atoms with Crippen molar-refractivity contribution in [3.63, 3.8) is 0 Å². The molecule has 3 heterocycles. The second-order valence-electron chi connectivity index (χ2n) is 7.80. The van der Waals surface area contributed by atoms with Gasteiger partial charge >= 0.3 is 0 Å². The summed E-state index contributed by atoms with van der Waals surface area (Å²) in [6, 6.07) is 0.595. The van der Waals surface area contributed by atoms with Gasteiger partial charge < -0.3 is 14.9 Å². The fourth-order valence-electron chi connectivity index (χ4n) is 4.49. The first-order valence-electron chi connectivity index (χ1n) is 10.3. The Morgan fingerprint density at radius 2 is 1.73 bits per heavy atom. The molecular formula is C19H34N4O3. The summed E-state index contributed by atoms with van der Waals surface area (Å²) in [6.07, 6.45) is 5.13. The SMILES string of the molecule is O=C1CCCN1CCCC(=O)N1CCC(N2CCN(CCO)CC2)CC1. The van der Waals surface area contributed by atoms with Gasteiger partial charge in [-0.15, -0.1) is 0 Å². The van der Waals surface area contributed by atoms with E-state index >= 15 is 0 Å². The van der Waals surface area contributed by atoms with Crippen molar-refractivity contribution in [2.24, 2.45) is 0 Å². The molecule has 1 N–H and O–H groups in total. The van der Waals surface area contributed by atoms with E-state index in [-0.39, 0.29) is 18.4 Å². The standard InChI is InChI=1S/C19H34N4O3/c24-16-15-20-11-13-21(14-12-20)17-5-9-23(10-6-17)19(26)4-2-8-22-7-1-3-18(22)25/h17,24H,1-16H2. The number of piperazine rings is 1. The van der Waals surface area contributed by atoms with E-state index in [2.05, 4.69) is 9.80 Å². The van der Waals surface area contributed by atoms with Crippen molar-refractivity contribution in [1.82, 2.24) is 19.6 Å². The molecule has 148 valence electrons. The van der Waals surface area contributed by atoms with E-state index in [1.807, 2.05) is 9.80 Å². The second-order valence-corrected chi connectivity index (χ2v) is 7.80. The van der Waals surface area contributed by atoms with Gasteiger partial charge in [-0.25, -0.2) is 0 Å². The summed E-state index contributed by atoms with van der Waals surface area (Å²) in [6.45, 7) is 8.57. The van der Waals surface area contributed by atoms with Crippen LogP contribution in [0.25, 0.3) is 0 Å². The summed E-state index contributed by atoms with van der Waals surface area (Å²) < 4.78 is 0. The van der Waals surface area contributed by atoms with Crippen molar-refractivity contribution < 1.29 is 14.7 Å². The Hall–Kier alpha value is -1.18. The van der Waals surface area contributed by atoms with Gasteiger partial charge in [0.1, 0.15) is 0 Å². The summed E-state index contributed by atoms with van der Waals surface area (Å²) in [5.74, 6) is 0.500. The molecule has 0 aliphatic carbocycles. The van der Waals surface area contributed by atoms with Crippen LogP contribution < -0.4 is 0 Å². The molecule has 0 aromatic rings. The number of hydrogen-bond donors (Lipinski definition) is 1. The molecule has 3 fully saturated rings. The summed E-state index contributed by atoms with van der Waals surface area (Å²) >= 11 is 0. The highest BCUT2D eigenvalue weighted by Gasteiger charge is 2.29. The molecule has 0 radical (unpaired) electrons. The Bertz CT molecular complexity index is 471. The topological polar surface area (TPSA) is 67.3 Å². The van der Waals surface area contributed by atoms with Crippen LogP contribution in [-0.4, -0.2) is 108 Å². The molecule has 0 bridgehead atoms. The molecular weight excluding hydrogens is 332 g/mol. The summed E-state index contributed by atoms with van der Waals surface area (Å²) in [5.41, 5.74) is 0. The van der Waals surface area contributed by atoms with E-state index in [0.717, 1.165) is 84.6 Å². The molecule has 0 saturated carbocycles. The number of likely N-dealkylation sites (tertiary alicyclic amines) is 2. The summed E-state index contributed by atoms with van der Waals surface area (Å²) in [7, 11) is 0. The lowest BCUT2D eigenvalue weighted by Gasteiger charge is -2.42. The number of hydrogen-bond acceptors (Lipinski definition) is 5. The largest absolute Gasteiger partial charge is 0.395 e. The van der Waals surface area contributed by atoms with Crippen molar-refractivity contribution in [1.29, 1.82) is 0 Å². The zero-order valence-electron chi connectivity index (χ0n) is 15.9. The number of carbonyl (C=O) groups is 2. The Balaban J connectivity index is 1.32. The van der Waals surface area contributed by atoms with Crippen molar-refractivity contribution in [3.8, 4) is 0 Å². The molecule has 7 heteroatoms. The van der Waals surface area contributed by atoms with Crippen LogP contribution >= 0.6 is 0 Å². The molecule has 0 aromatic carbocycles. The van der Waals surface area contributed by atoms with Gasteiger partial charge in [0.2, 0.25) is 11.8 Å². The van der Waals surface area contributed by atoms with E-state index in [9.17, 15) is 9.59 Å². The van der Waals surface area contributed by atoms with Crippen LogP contribution in [0.1, 0.15) is 38.5 Å². The third kappa shape index (κ3) is 5.18.